The van der Waals surface area contributed by atoms with E-state index >= 15 is 0 Å². The van der Waals surface area contributed by atoms with E-state index in [0.717, 1.165) is 11.1 Å². The third-order valence-corrected chi connectivity index (χ3v) is 2.66. The summed E-state index contributed by atoms with van der Waals surface area (Å²) in [5, 5.41) is 9.15. The highest BCUT2D eigenvalue weighted by Gasteiger charge is 2.12. The average molecular weight is 227 g/mol. The maximum absolute atomic E-state index is 11.2. The molecule has 3 heteroatoms. The van der Waals surface area contributed by atoms with Gasteiger partial charge in [0.2, 0.25) is 0 Å². The van der Waals surface area contributed by atoms with Gasteiger partial charge in [-0.1, -0.05) is 29.8 Å². The van der Waals surface area contributed by atoms with Crippen LogP contribution in [0.4, 0.5) is 5.69 Å². The van der Waals surface area contributed by atoms with Gasteiger partial charge < -0.3 is 10.8 Å². The van der Waals surface area contributed by atoms with Crippen molar-refractivity contribution >= 4 is 11.7 Å². The van der Waals surface area contributed by atoms with Crippen molar-refractivity contribution in [2.75, 3.05) is 5.73 Å². The molecular formula is C14H13NO2. The molecule has 0 aliphatic carbocycles. The summed E-state index contributed by atoms with van der Waals surface area (Å²) in [6.45, 7) is 1.95. The van der Waals surface area contributed by atoms with Crippen molar-refractivity contribution in [3.63, 3.8) is 0 Å². The van der Waals surface area contributed by atoms with Crippen LogP contribution in [0, 0.1) is 6.92 Å². The Kier molecular flexibility index (Phi) is 2.83. The molecule has 17 heavy (non-hydrogen) atoms. The topological polar surface area (TPSA) is 63.3 Å². The Bertz CT molecular complexity index is 576. The van der Waals surface area contributed by atoms with Crippen molar-refractivity contribution in [2.24, 2.45) is 0 Å². The van der Waals surface area contributed by atoms with Crippen LogP contribution in [-0.4, -0.2) is 11.1 Å². The Labute approximate surface area is 99.5 Å². The summed E-state index contributed by atoms with van der Waals surface area (Å²) in [4.78, 5) is 11.2. The number of carboxylic acid groups (broad SMARTS) is 1. The lowest BCUT2D eigenvalue weighted by Crippen LogP contribution is -2.00. The van der Waals surface area contributed by atoms with Crippen molar-refractivity contribution < 1.29 is 9.90 Å². The first kappa shape index (κ1) is 11.2. The summed E-state index contributed by atoms with van der Waals surface area (Å²) in [7, 11) is 0. The van der Waals surface area contributed by atoms with Gasteiger partial charge in [-0.25, -0.2) is 4.79 Å². The van der Waals surface area contributed by atoms with Gasteiger partial charge in [-0.3, -0.25) is 0 Å². The average Bonchev–Trinajstić information content (AvgIpc) is 2.32. The molecule has 0 aliphatic heterocycles. The lowest BCUT2D eigenvalue weighted by atomic mass is 9.97. The van der Waals surface area contributed by atoms with Crippen molar-refractivity contribution in [1.82, 2.24) is 0 Å². The van der Waals surface area contributed by atoms with Crippen LogP contribution < -0.4 is 5.73 Å². The van der Waals surface area contributed by atoms with E-state index in [1.54, 1.807) is 24.3 Å². The third kappa shape index (κ3) is 2.13. The van der Waals surface area contributed by atoms with Crippen molar-refractivity contribution in [2.45, 2.75) is 6.92 Å². The molecule has 0 bridgehead atoms. The SMILES string of the molecule is Cc1ccc(N)c(-c2ccccc2C(=O)O)c1. The molecule has 0 saturated heterocycles. The first-order valence-electron chi connectivity index (χ1n) is 5.28. The van der Waals surface area contributed by atoms with Crippen LogP contribution in [0.15, 0.2) is 42.5 Å². The second-order valence-corrected chi connectivity index (χ2v) is 3.94. The van der Waals surface area contributed by atoms with Gasteiger partial charge in [0.15, 0.2) is 0 Å². The zero-order valence-electron chi connectivity index (χ0n) is 9.47. The number of carbonyl (C=O) groups is 1. The Morgan fingerprint density at radius 2 is 1.82 bits per heavy atom. The molecule has 0 aromatic heterocycles. The standard InChI is InChI=1S/C14H13NO2/c1-9-6-7-13(15)12(8-9)10-4-2-3-5-11(10)14(16)17/h2-8H,15H2,1H3,(H,16,17). The van der Waals surface area contributed by atoms with Gasteiger partial charge in [0.25, 0.3) is 0 Å². The van der Waals surface area contributed by atoms with Crippen LogP contribution in [-0.2, 0) is 0 Å². The summed E-state index contributed by atoms with van der Waals surface area (Å²) < 4.78 is 0. The monoisotopic (exact) mass is 227 g/mol. The summed E-state index contributed by atoms with van der Waals surface area (Å²) in [5.41, 5.74) is 9.22. The van der Waals surface area contributed by atoms with E-state index in [2.05, 4.69) is 0 Å². The van der Waals surface area contributed by atoms with Crippen LogP contribution in [0.2, 0.25) is 0 Å². The molecule has 2 rings (SSSR count). The van der Waals surface area contributed by atoms with Crippen molar-refractivity contribution in [1.29, 1.82) is 0 Å². The van der Waals surface area contributed by atoms with E-state index in [-0.39, 0.29) is 5.56 Å². The molecule has 0 atom stereocenters. The van der Waals surface area contributed by atoms with E-state index < -0.39 is 5.97 Å². The van der Waals surface area contributed by atoms with E-state index in [4.69, 9.17) is 10.8 Å². The minimum atomic E-state index is -0.943. The number of carboxylic acids is 1. The summed E-state index contributed by atoms with van der Waals surface area (Å²) in [5.74, 6) is -0.943. The van der Waals surface area contributed by atoms with E-state index in [1.807, 2.05) is 25.1 Å². The largest absolute Gasteiger partial charge is 0.478 e. The Balaban J connectivity index is 2.68. The zero-order chi connectivity index (χ0) is 12.4. The van der Waals surface area contributed by atoms with E-state index in [0.29, 0.717) is 11.3 Å². The molecule has 3 N–H and O–H groups in total. The number of hydrogen-bond acceptors (Lipinski definition) is 2. The van der Waals surface area contributed by atoms with Gasteiger partial charge in [-0.15, -0.1) is 0 Å². The maximum atomic E-state index is 11.2. The highest BCUT2D eigenvalue weighted by molar-refractivity contribution is 5.97. The second kappa shape index (κ2) is 4.29. The quantitative estimate of drug-likeness (QED) is 0.775. The van der Waals surface area contributed by atoms with Crippen LogP contribution in [0.25, 0.3) is 11.1 Å². The summed E-state index contributed by atoms with van der Waals surface area (Å²) >= 11 is 0. The Morgan fingerprint density at radius 3 is 2.53 bits per heavy atom. The number of nitrogen functional groups attached to an aromatic ring is 1. The fraction of sp³-hybridized carbons (Fsp3) is 0.0714. The lowest BCUT2D eigenvalue weighted by molar-refractivity contribution is 0.0698. The number of hydrogen-bond donors (Lipinski definition) is 2. The van der Waals surface area contributed by atoms with Crippen molar-refractivity contribution in [3.8, 4) is 11.1 Å². The van der Waals surface area contributed by atoms with Crippen LogP contribution >= 0.6 is 0 Å². The summed E-state index contributed by atoms with van der Waals surface area (Å²) in [6.07, 6.45) is 0. The Hall–Kier alpha value is -2.29. The molecule has 0 spiro atoms. The molecule has 0 fully saturated rings. The smallest absolute Gasteiger partial charge is 0.336 e. The molecule has 2 aromatic rings. The minimum absolute atomic E-state index is 0.268. The molecule has 0 aliphatic rings. The number of anilines is 1. The highest BCUT2D eigenvalue weighted by Crippen LogP contribution is 2.29. The molecule has 0 heterocycles. The molecule has 0 saturated carbocycles. The van der Waals surface area contributed by atoms with Crippen molar-refractivity contribution in [3.05, 3.63) is 53.6 Å². The molecule has 2 aromatic carbocycles. The second-order valence-electron chi connectivity index (χ2n) is 3.94. The third-order valence-electron chi connectivity index (χ3n) is 2.66. The number of aromatic carboxylic acids is 1. The molecular weight excluding hydrogens is 214 g/mol. The van der Waals surface area contributed by atoms with Gasteiger partial charge in [0, 0.05) is 11.3 Å². The van der Waals surface area contributed by atoms with Crippen LogP contribution in [0.1, 0.15) is 15.9 Å². The normalized spacial score (nSPS) is 10.2. The number of aryl methyl sites for hydroxylation is 1. The zero-order valence-corrected chi connectivity index (χ0v) is 9.47. The molecule has 0 radical (unpaired) electrons. The lowest BCUT2D eigenvalue weighted by Gasteiger charge is -2.09. The van der Waals surface area contributed by atoms with Crippen LogP contribution in [0.3, 0.4) is 0 Å². The predicted molar refractivity (Wildman–Crippen MR) is 68.0 cm³/mol. The fourth-order valence-electron chi connectivity index (χ4n) is 1.81. The maximum Gasteiger partial charge on any atom is 0.336 e. The van der Waals surface area contributed by atoms with Gasteiger partial charge in [0.05, 0.1) is 5.56 Å². The minimum Gasteiger partial charge on any atom is -0.478 e. The van der Waals surface area contributed by atoms with E-state index in [1.165, 1.54) is 0 Å². The predicted octanol–water partition coefficient (Wildman–Crippen LogP) is 2.94. The number of rotatable bonds is 2. The van der Waals surface area contributed by atoms with Gasteiger partial charge in [0.1, 0.15) is 0 Å². The van der Waals surface area contributed by atoms with Gasteiger partial charge in [-0.2, -0.15) is 0 Å². The molecule has 3 nitrogen and oxygen atoms in total. The first-order valence-corrected chi connectivity index (χ1v) is 5.28. The Morgan fingerprint density at radius 1 is 1.12 bits per heavy atom. The first-order chi connectivity index (χ1) is 8.09. The molecule has 0 amide bonds. The highest BCUT2D eigenvalue weighted by atomic mass is 16.4. The number of benzene rings is 2. The molecule has 86 valence electrons. The van der Waals surface area contributed by atoms with Gasteiger partial charge >= 0.3 is 5.97 Å². The molecule has 0 unspecified atom stereocenters. The van der Waals surface area contributed by atoms with Crippen LogP contribution in [0.5, 0.6) is 0 Å². The summed E-state index contributed by atoms with van der Waals surface area (Å²) in [6, 6.07) is 12.5. The van der Waals surface area contributed by atoms with E-state index in [9.17, 15) is 4.79 Å². The fourth-order valence-corrected chi connectivity index (χ4v) is 1.81. The van der Waals surface area contributed by atoms with Gasteiger partial charge in [-0.05, 0) is 30.7 Å². The number of nitrogens with two attached hydrogens (primary N) is 1.